The van der Waals surface area contributed by atoms with E-state index in [4.69, 9.17) is 9.47 Å². The first-order valence-electron chi connectivity index (χ1n) is 6.63. The summed E-state index contributed by atoms with van der Waals surface area (Å²) < 4.78 is 12.9. The normalized spacial score (nSPS) is 21.2. The molecule has 1 aromatic rings. The maximum atomic E-state index is 10.8. The SMILES string of the molecule is CC[C@H](Cn1ccnc1[N+](=O)[O-])OC1CCCCO1. The summed E-state index contributed by atoms with van der Waals surface area (Å²) >= 11 is 0. The number of nitro groups is 1. The van der Waals surface area contributed by atoms with Crippen LogP contribution in [0.3, 0.4) is 0 Å². The summed E-state index contributed by atoms with van der Waals surface area (Å²) in [6.45, 7) is 3.15. The molecule has 2 heterocycles. The van der Waals surface area contributed by atoms with Gasteiger partial charge in [0.15, 0.2) is 6.29 Å². The zero-order valence-electron chi connectivity index (χ0n) is 11.0. The number of imidazole rings is 1. The molecule has 1 unspecified atom stereocenters. The molecule has 0 aromatic carbocycles. The molecular formula is C12H19N3O4. The van der Waals surface area contributed by atoms with Gasteiger partial charge in [0.05, 0.1) is 12.6 Å². The van der Waals surface area contributed by atoms with E-state index in [1.54, 1.807) is 6.20 Å². The van der Waals surface area contributed by atoms with Gasteiger partial charge in [-0.25, -0.2) is 4.57 Å². The number of hydrogen-bond donors (Lipinski definition) is 0. The highest BCUT2D eigenvalue weighted by Gasteiger charge is 2.22. The van der Waals surface area contributed by atoms with E-state index in [0.717, 1.165) is 32.3 Å². The van der Waals surface area contributed by atoms with Crippen molar-refractivity contribution in [1.82, 2.24) is 9.55 Å². The van der Waals surface area contributed by atoms with Crippen LogP contribution in [0.15, 0.2) is 12.4 Å². The maximum absolute atomic E-state index is 10.8. The predicted octanol–water partition coefficient (Wildman–Crippen LogP) is 2.11. The minimum atomic E-state index is -0.482. The molecule has 1 aliphatic heterocycles. The van der Waals surface area contributed by atoms with Gasteiger partial charge in [-0.05, 0) is 30.6 Å². The number of hydrogen-bond acceptors (Lipinski definition) is 5. The van der Waals surface area contributed by atoms with E-state index >= 15 is 0 Å². The van der Waals surface area contributed by atoms with Gasteiger partial charge in [0.2, 0.25) is 0 Å². The van der Waals surface area contributed by atoms with Crippen molar-refractivity contribution >= 4 is 5.95 Å². The largest absolute Gasteiger partial charge is 0.434 e. The summed E-state index contributed by atoms with van der Waals surface area (Å²) in [7, 11) is 0. The van der Waals surface area contributed by atoms with Crippen molar-refractivity contribution in [1.29, 1.82) is 0 Å². The van der Waals surface area contributed by atoms with E-state index in [9.17, 15) is 10.1 Å². The Balaban J connectivity index is 1.94. The third-order valence-electron chi connectivity index (χ3n) is 3.19. The smallest absolute Gasteiger partial charge is 0.390 e. The van der Waals surface area contributed by atoms with Crippen LogP contribution in [0.1, 0.15) is 32.6 Å². The Bertz CT molecular complexity index is 415. The second-order valence-corrected chi connectivity index (χ2v) is 4.60. The van der Waals surface area contributed by atoms with E-state index in [0.29, 0.717) is 6.54 Å². The van der Waals surface area contributed by atoms with Crippen LogP contribution in [0.4, 0.5) is 5.95 Å². The Morgan fingerprint density at radius 1 is 1.68 bits per heavy atom. The molecule has 0 aliphatic carbocycles. The number of rotatable bonds is 6. The topological polar surface area (TPSA) is 79.4 Å². The van der Waals surface area contributed by atoms with Crippen molar-refractivity contribution < 1.29 is 14.4 Å². The molecular weight excluding hydrogens is 250 g/mol. The van der Waals surface area contributed by atoms with E-state index in [2.05, 4.69) is 4.98 Å². The fourth-order valence-electron chi connectivity index (χ4n) is 2.14. The van der Waals surface area contributed by atoms with Gasteiger partial charge in [0.1, 0.15) is 12.4 Å². The molecule has 106 valence electrons. The van der Waals surface area contributed by atoms with Crippen LogP contribution in [-0.2, 0) is 16.0 Å². The molecule has 1 saturated heterocycles. The maximum Gasteiger partial charge on any atom is 0.434 e. The van der Waals surface area contributed by atoms with Crippen LogP contribution < -0.4 is 0 Å². The monoisotopic (exact) mass is 269 g/mol. The number of nitrogens with zero attached hydrogens (tertiary/aromatic N) is 3. The lowest BCUT2D eigenvalue weighted by Crippen LogP contribution is -2.30. The predicted molar refractivity (Wildman–Crippen MR) is 67.6 cm³/mol. The van der Waals surface area contributed by atoms with Crippen LogP contribution in [0.5, 0.6) is 0 Å². The van der Waals surface area contributed by atoms with E-state index in [1.165, 1.54) is 10.8 Å². The Kier molecular flexibility index (Phi) is 4.86. The molecule has 0 radical (unpaired) electrons. The minimum absolute atomic E-state index is 0.101. The first-order chi connectivity index (χ1) is 9.20. The summed E-state index contributed by atoms with van der Waals surface area (Å²) in [5.74, 6) is -0.147. The molecule has 0 bridgehead atoms. The van der Waals surface area contributed by atoms with Gasteiger partial charge in [0.25, 0.3) is 0 Å². The fraction of sp³-hybridized carbons (Fsp3) is 0.750. The Hall–Kier alpha value is -1.47. The molecule has 2 rings (SSSR count). The van der Waals surface area contributed by atoms with Crippen LogP contribution >= 0.6 is 0 Å². The molecule has 0 amide bonds. The molecule has 0 N–H and O–H groups in total. The lowest BCUT2D eigenvalue weighted by atomic mass is 10.2. The molecule has 0 saturated carbocycles. The third-order valence-corrected chi connectivity index (χ3v) is 3.19. The van der Waals surface area contributed by atoms with Gasteiger partial charge in [-0.15, -0.1) is 0 Å². The second kappa shape index (κ2) is 6.63. The Morgan fingerprint density at radius 3 is 3.16 bits per heavy atom. The standard InChI is InChI=1S/C12H19N3O4/c1-2-10(19-11-5-3-4-8-18-11)9-14-7-6-13-12(14)15(16)17/h6-7,10-11H,2-5,8-9H2,1H3/t10-,11?/m1/s1. The van der Waals surface area contributed by atoms with Gasteiger partial charge in [0, 0.05) is 6.61 Å². The van der Waals surface area contributed by atoms with Gasteiger partial charge >= 0.3 is 5.95 Å². The molecule has 1 fully saturated rings. The quantitative estimate of drug-likeness (QED) is 0.583. The number of aromatic nitrogens is 2. The van der Waals surface area contributed by atoms with Gasteiger partial charge < -0.3 is 19.6 Å². The molecule has 1 aromatic heterocycles. The number of ether oxygens (including phenoxy) is 2. The first-order valence-corrected chi connectivity index (χ1v) is 6.63. The minimum Gasteiger partial charge on any atom is -0.390 e. The zero-order valence-corrected chi connectivity index (χ0v) is 11.0. The van der Waals surface area contributed by atoms with Crippen LogP contribution in [-0.4, -0.2) is 33.5 Å². The van der Waals surface area contributed by atoms with E-state index in [1.807, 2.05) is 6.92 Å². The average Bonchev–Trinajstić information content (AvgIpc) is 2.87. The van der Waals surface area contributed by atoms with E-state index < -0.39 is 4.92 Å². The highest BCUT2D eigenvalue weighted by molar-refractivity contribution is 5.06. The van der Waals surface area contributed by atoms with Crippen molar-refractivity contribution in [2.24, 2.45) is 0 Å². The van der Waals surface area contributed by atoms with Gasteiger partial charge in [-0.1, -0.05) is 11.9 Å². The lowest BCUT2D eigenvalue weighted by molar-refractivity contribution is -0.397. The lowest BCUT2D eigenvalue weighted by Gasteiger charge is -2.26. The molecule has 7 heteroatoms. The van der Waals surface area contributed by atoms with Crippen molar-refractivity contribution in [3.8, 4) is 0 Å². The van der Waals surface area contributed by atoms with Crippen molar-refractivity contribution in [3.63, 3.8) is 0 Å². The summed E-state index contributed by atoms with van der Waals surface area (Å²) in [5, 5.41) is 10.8. The summed E-state index contributed by atoms with van der Waals surface area (Å²) in [5.41, 5.74) is 0. The summed E-state index contributed by atoms with van der Waals surface area (Å²) in [6, 6.07) is 0. The Labute approximate surface area is 111 Å². The van der Waals surface area contributed by atoms with Gasteiger partial charge in [-0.2, -0.15) is 0 Å². The van der Waals surface area contributed by atoms with Crippen molar-refractivity contribution in [3.05, 3.63) is 22.5 Å². The zero-order chi connectivity index (χ0) is 13.7. The second-order valence-electron chi connectivity index (χ2n) is 4.60. The van der Waals surface area contributed by atoms with Crippen molar-refractivity contribution in [2.75, 3.05) is 6.61 Å². The molecule has 7 nitrogen and oxygen atoms in total. The van der Waals surface area contributed by atoms with Gasteiger partial charge in [-0.3, -0.25) is 0 Å². The first kappa shape index (κ1) is 14.0. The third kappa shape index (κ3) is 3.74. The summed E-state index contributed by atoms with van der Waals surface area (Å²) in [6.07, 6.45) is 6.60. The highest BCUT2D eigenvalue weighted by Crippen LogP contribution is 2.18. The summed E-state index contributed by atoms with van der Waals surface area (Å²) in [4.78, 5) is 14.0. The molecule has 2 atom stereocenters. The fourth-order valence-corrected chi connectivity index (χ4v) is 2.14. The molecule has 19 heavy (non-hydrogen) atoms. The average molecular weight is 269 g/mol. The van der Waals surface area contributed by atoms with E-state index in [-0.39, 0.29) is 18.3 Å². The van der Waals surface area contributed by atoms with Crippen LogP contribution in [0.2, 0.25) is 0 Å². The highest BCUT2D eigenvalue weighted by atomic mass is 16.7. The van der Waals surface area contributed by atoms with Crippen molar-refractivity contribution in [2.45, 2.75) is 51.5 Å². The molecule has 0 spiro atoms. The Morgan fingerprint density at radius 2 is 2.53 bits per heavy atom. The van der Waals surface area contributed by atoms with Crippen LogP contribution in [0.25, 0.3) is 0 Å². The molecule has 1 aliphatic rings. The van der Waals surface area contributed by atoms with Crippen LogP contribution in [0, 0.1) is 10.1 Å².